The van der Waals surface area contributed by atoms with Gasteiger partial charge in [-0.1, -0.05) is 18.2 Å². The number of nitrogens with zero attached hydrogens (tertiary/aromatic N) is 4. The van der Waals surface area contributed by atoms with E-state index in [4.69, 9.17) is 9.47 Å². The van der Waals surface area contributed by atoms with Crippen molar-refractivity contribution >= 4 is 23.3 Å². The zero-order valence-electron chi connectivity index (χ0n) is 19.4. The third-order valence-electron chi connectivity index (χ3n) is 5.91. The number of carbonyl (C=O) groups excluding carboxylic acids is 2. The number of rotatable bonds is 6. The van der Waals surface area contributed by atoms with Gasteiger partial charge in [-0.05, 0) is 31.9 Å². The van der Waals surface area contributed by atoms with Crippen molar-refractivity contribution in [3.63, 3.8) is 0 Å². The maximum atomic E-state index is 13.6. The number of methoxy groups -OCH3 is 2. The van der Waals surface area contributed by atoms with E-state index in [0.717, 1.165) is 11.3 Å². The summed E-state index contributed by atoms with van der Waals surface area (Å²) >= 11 is 0. The van der Waals surface area contributed by atoms with Gasteiger partial charge in [0, 0.05) is 44.8 Å². The largest absolute Gasteiger partial charge is 0.481 e. The summed E-state index contributed by atoms with van der Waals surface area (Å²) in [6, 6.07) is 12.3. The molecule has 1 atom stereocenters. The second-order valence-corrected chi connectivity index (χ2v) is 7.84. The Hall–Kier alpha value is -3.64. The molecule has 33 heavy (non-hydrogen) atoms. The number of carbonyl (C=O) groups is 2. The van der Waals surface area contributed by atoms with Gasteiger partial charge < -0.3 is 19.7 Å². The molecular formula is C24H29N5O4. The van der Waals surface area contributed by atoms with Crippen molar-refractivity contribution in [3.8, 4) is 11.9 Å². The minimum absolute atomic E-state index is 0.0285. The zero-order chi connectivity index (χ0) is 24.0. The van der Waals surface area contributed by atoms with Gasteiger partial charge in [-0.2, -0.15) is 5.26 Å². The van der Waals surface area contributed by atoms with Crippen molar-refractivity contribution in [1.29, 1.82) is 5.26 Å². The first-order valence-electron chi connectivity index (χ1n) is 10.8. The predicted molar refractivity (Wildman–Crippen MR) is 124 cm³/mol. The number of benzene rings is 1. The fourth-order valence-electron chi connectivity index (χ4n) is 4.00. The molecule has 1 aliphatic rings. The first-order valence-corrected chi connectivity index (χ1v) is 10.8. The highest BCUT2D eigenvalue weighted by Gasteiger charge is 2.32. The Bertz CT molecular complexity index is 1040. The summed E-state index contributed by atoms with van der Waals surface area (Å²) < 4.78 is 10.6. The molecule has 0 radical (unpaired) electrons. The number of amides is 3. The molecule has 1 unspecified atom stereocenters. The maximum Gasteiger partial charge on any atom is 0.326 e. The Labute approximate surface area is 193 Å². The van der Waals surface area contributed by atoms with Crippen LogP contribution in [0.3, 0.4) is 0 Å². The fraction of sp³-hybridized carbons (Fsp3) is 0.417. The van der Waals surface area contributed by atoms with E-state index in [1.807, 2.05) is 37.3 Å². The van der Waals surface area contributed by atoms with Crippen molar-refractivity contribution in [1.82, 2.24) is 9.88 Å². The highest BCUT2D eigenvalue weighted by atomic mass is 16.5. The van der Waals surface area contributed by atoms with Crippen LogP contribution in [-0.4, -0.2) is 55.2 Å². The van der Waals surface area contributed by atoms with E-state index >= 15 is 0 Å². The molecule has 9 heteroatoms. The molecule has 0 bridgehead atoms. The minimum atomic E-state index is -0.379. The standard InChI is InChI=1S/C24H29N5O4/c1-16(32-3)19-7-5-6-8-22(19)29(18-11-13-28(14-12-18)17(2)30)24(31)27-20-9-10-23(33-4)26-21(20)15-25/h5-10,16,18H,11-14H2,1-4H3,(H,27,31). The smallest absolute Gasteiger partial charge is 0.326 e. The number of nitrogens with one attached hydrogen (secondary N) is 1. The third-order valence-corrected chi connectivity index (χ3v) is 5.91. The Morgan fingerprint density at radius 3 is 2.52 bits per heavy atom. The van der Waals surface area contributed by atoms with Gasteiger partial charge in [0.05, 0.1) is 24.6 Å². The van der Waals surface area contributed by atoms with Crippen LogP contribution in [0.5, 0.6) is 5.88 Å². The summed E-state index contributed by atoms with van der Waals surface area (Å²) in [4.78, 5) is 33.1. The summed E-state index contributed by atoms with van der Waals surface area (Å²) in [5, 5.41) is 12.4. The molecule has 1 fully saturated rings. The SMILES string of the molecule is COc1ccc(NC(=O)N(c2ccccc2C(C)OC)C2CCN(C(C)=O)CC2)c(C#N)n1. The monoisotopic (exact) mass is 451 g/mol. The molecule has 2 heterocycles. The van der Waals surface area contributed by atoms with Gasteiger partial charge in [-0.15, -0.1) is 0 Å². The second-order valence-electron chi connectivity index (χ2n) is 7.84. The molecule has 0 spiro atoms. The van der Waals surface area contributed by atoms with Gasteiger partial charge in [0.25, 0.3) is 0 Å². The summed E-state index contributed by atoms with van der Waals surface area (Å²) in [6.45, 7) is 4.62. The van der Waals surface area contributed by atoms with Gasteiger partial charge >= 0.3 is 6.03 Å². The van der Waals surface area contributed by atoms with E-state index < -0.39 is 0 Å². The summed E-state index contributed by atoms with van der Waals surface area (Å²) in [7, 11) is 3.09. The van der Waals surface area contributed by atoms with Gasteiger partial charge in [0.15, 0.2) is 5.69 Å². The number of likely N-dealkylation sites (tertiary alicyclic amines) is 1. The quantitative estimate of drug-likeness (QED) is 0.717. The van der Waals surface area contributed by atoms with Crippen LogP contribution in [0.25, 0.3) is 0 Å². The first-order chi connectivity index (χ1) is 15.9. The molecular weight excluding hydrogens is 422 g/mol. The highest BCUT2D eigenvalue weighted by molar-refractivity contribution is 6.03. The number of para-hydroxylation sites is 1. The average molecular weight is 452 g/mol. The van der Waals surface area contributed by atoms with Crippen LogP contribution in [0.15, 0.2) is 36.4 Å². The molecule has 0 saturated carbocycles. The van der Waals surface area contributed by atoms with Crippen LogP contribution in [0.1, 0.15) is 44.1 Å². The van der Waals surface area contributed by atoms with Crippen LogP contribution in [0, 0.1) is 11.3 Å². The summed E-state index contributed by atoms with van der Waals surface area (Å²) in [5.41, 5.74) is 1.96. The lowest BCUT2D eigenvalue weighted by Gasteiger charge is -2.39. The molecule has 0 aliphatic carbocycles. The Morgan fingerprint density at radius 1 is 1.21 bits per heavy atom. The van der Waals surface area contributed by atoms with E-state index in [-0.39, 0.29) is 35.7 Å². The van der Waals surface area contributed by atoms with E-state index in [1.54, 1.807) is 36.0 Å². The number of hydrogen-bond acceptors (Lipinski definition) is 6. The number of ether oxygens (including phenoxy) is 2. The molecule has 1 N–H and O–H groups in total. The van der Waals surface area contributed by atoms with E-state index in [1.165, 1.54) is 7.11 Å². The fourth-order valence-corrected chi connectivity index (χ4v) is 4.00. The Balaban J connectivity index is 1.97. The lowest BCUT2D eigenvalue weighted by molar-refractivity contribution is -0.129. The first kappa shape index (κ1) is 24.0. The second kappa shape index (κ2) is 10.8. The molecule has 9 nitrogen and oxygen atoms in total. The molecule has 1 aromatic heterocycles. The zero-order valence-corrected chi connectivity index (χ0v) is 19.4. The van der Waals surface area contributed by atoms with Crippen LogP contribution in [0.2, 0.25) is 0 Å². The number of aromatic nitrogens is 1. The Kier molecular flexibility index (Phi) is 7.85. The van der Waals surface area contributed by atoms with Crippen molar-refractivity contribution in [2.45, 2.75) is 38.8 Å². The van der Waals surface area contributed by atoms with Gasteiger partial charge in [-0.3, -0.25) is 9.69 Å². The topological polar surface area (TPSA) is 108 Å². The number of anilines is 2. The average Bonchev–Trinajstić information content (AvgIpc) is 2.84. The third kappa shape index (κ3) is 5.41. The number of urea groups is 1. The minimum Gasteiger partial charge on any atom is -0.481 e. The van der Waals surface area contributed by atoms with E-state index in [2.05, 4.69) is 10.3 Å². The van der Waals surface area contributed by atoms with Gasteiger partial charge in [-0.25, -0.2) is 9.78 Å². The van der Waals surface area contributed by atoms with Crippen LogP contribution in [-0.2, 0) is 9.53 Å². The van der Waals surface area contributed by atoms with Gasteiger partial charge in [0.2, 0.25) is 11.8 Å². The van der Waals surface area contributed by atoms with Crippen molar-refractivity contribution < 1.29 is 19.1 Å². The molecule has 3 rings (SSSR count). The van der Waals surface area contributed by atoms with Crippen LogP contribution >= 0.6 is 0 Å². The number of piperidine rings is 1. The molecule has 1 saturated heterocycles. The normalized spacial score (nSPS) is 14.8. The van der Waals surface area contributed by atoms with Crippen LogP contribution in [0.4, 0.5) is 16.2 Å². The lowest BCUT2D eigenvalue weighted by atomic mass is 10.00. The van der Waals surface area contributed by atoms with E-state index in [9.17, 15) is 14.9 Å². The molecule has 3 amide bonds. The predicted octanol–water partition coefficient (Wildman–Crippen LogP) is 3.72. The number of pyridine rings is 1. The number of nitriles is 1. The molecule has 1 aliphatic heterocycles. The van der Waals surface area contributed by atoms with Crippen molar-refractivity contribution in [2.75, 3.05) is 37.5 Å². The van der Waals surface area contributed by atoms with E-state index in [0.29, 0.717) is 31.6 Å². The lowest BCUT2D eigenvalue weighted by Crippen LogP contribution is -2.50. The highest BCUT2D eigenvalue weighted by Crippen LogP contribution is 2.33. The van der Waals surface area contributed by atoms with Crippen molar-refractivity contribution in [3.05, 3.63) is 47.7 Å². The molecule has 1 aromatic carbocycles. The molecule has 2 aromatic rings. The van der Waals surface area contributed by atoms with Crippen LogP contribution < -0.4 is 15.0 Å². The summed E-state index contributed by atoms with van der Waals surface area (Å²) in [5.74, 6) is 0.318. The molecule has 174 valence electrons. The number of hydrogen-bond donors (Lipinski definition) is 1. The van der Waals surface area contributed by atoms with Crippen molar-refractivity contribution in [2.24, 2.45) is 0 Å². The van der Waals surface area contributed by atoms with Gasteiger partial charge in [0.1, 0.15) is 6.07 Å². The summed E-state index contributed by atoms with van der Waals surface area (Å²) in [6.07, 6.45) is 1.04. The Morgan fingerprint density at radius 2 is 1.91 bits per heavy atom. The maximum absolute atomic E-state index is 13.6.